The van der Waals surface area contributed by atoms with Gasteiger partial charge in [-0.15, -0.1) is 11.8 Å². The van der Waals surface area contributed by atoms with Gasteiger partial charge in [-0.1, -0.05) is 97.1 Å². The second kappa shape index (κ2) is 16.9. The Morgan fingerprint density at radius 3 is 1.73 bits per heavy atom. The molecule has 0 unspecified atom stereocenters. The average Bonchev–Trinajstić information content (AvgIpc) is 3.69. The number of fused-ring (bicyclic) bond motifs is 4. The van der Waals surface area contributed by atoms with Crippen molar-refractivity contribution in [3.05, 3.63) is 119 Å². The van der Waals surface area contributed by atoms with Gasteiger partial charge >= 0.3 is 0 Å². The van der Waals surface area contributed by atoms with E-state index in [4.69, 9.17) is 52.1 Å². The maximum atomic E-state index is 6.92. The molecular weight excluding hydrogens is 737 g/mol. The van der Waals surface area contributed by atoms with E-state index in [9.17, 15) is 0 Å². The number of ether oxygens (including phenoxy) is 11. The summed E-state index contributed by atoms with van der Waals surface area (Å²) in [5.41, 5.74) is 3.18. The van der Waals surface area contributed by atoms with Gasteiger partial charge in [-0.2, -0.15) is 0 Å². The summed E-state index contributed by atoms with van der Waals surface area (Å²) in [5.74, 6) is -2.84. The summed E-state index contributed by atoms with van der Waals surface area (Å²) in [4.78, 5) is 0.881. The zero-order chi connectivity index (χ0) is 38.9. The van der Waals surface area contributed by atoms with E-state index in [-0.39, 0.29) is 18.5 Å². The van der Waals surface area contributed by atoms with E-state index in [1.807, 2.05) is 114 Å². The first-order valence-corrected chi connectivity index (χ1v) is 20.5. The maximum Gasteiger partial charge on any atom is 0.200 e. The molecular formula is C44H54O11S. The van der Waals surface area contributed by atoms with Gasteiger partial charge in [-0.05, 0) is 58.2 Å². The van der Waals surface area contributed by atoms with Crippen LogP contribution in [0.5, 0.6) is 0 Å². The van der Waals surface area contributed by atoms with Gasteiger partial charge in [0.25, 0.3) is 0 Å². The summed E-state index contributed by atoms with van der Waals surface area (Å²) in [6.07, 6.45) is -2.55. The van der Waals surface area contributed by atoms with Gasteiger partial charge in [0.2, 0.25) is 5.79 Å². The molecule has 5 heterocycles. The molecule has 11 atom stereocenters. The molecule has 0 aromatic heterocycles. The molecule has 0 N–H and O–H groups in total. The number of thioether (sulfide) groups is 1. The van der Waals surface area contributed by atoms with Crippen LogP contribution in [0.25, 0.3) is 0 Å². The summed E-state index contributed by atoms with van der Waals surface area (Å²) in [6, 6.07) is 30.4. The molecule has 302 valence electrons. The topological polar surface area (TPSA) is 102 Å². The second-order valence-electron chi connectivity index (χ2n) is 15.9. The van der Waals surface area contributed by atoms with Crippen molar-refractivity contribution in [1.82, 2.24) is 0 Å². The highest BCUT2D eigenvalue weighted by molar-refractivity contribution is 8.03. The Bertz CT molecular complexity index is 1760. The Morgan fingerprint density at radius 2 is 1.11 bits per heavy atom. The van der Waals surface area contributed by atoms with Crippen LogP contribution in [-0.4, -0.2) is 91.1 Å². The third-order valence-corrected chi connectivity index (χ3v) is 12.3. The summed E-state index contributed by atoms with van der Waals surface area (Å²) in [6.45, 7) is 13.0. The van der Waals surface area contributed by atoms with Crippen molar-refractivity contribution in [2.45, 2.75) is 139 Å². The van der Waals surface area contributed by atoms with Crippen LogP contribution in [0.4, 0.5) is 0 Å². The van der Waals surface area contributed by atoms with Crippen molar-refractivity contribution in [2.24, 2.45) is 0 Å². The van der Waals surface area contributed by atoms with E-state index in [1.165, 1.54) is 0 Å². The molecule has 5 aliphatic rings. The number of benzene rings is 3. The van der Waals surface area contributed by atoms with Crippen molar-refractivity contribution in [1.29, 1.82) is 0 Å². The number of allylic oxidation sites excluding steroid dienone is 1. The lowest BCUT2D eigenvalue weighted by Gasteiger charge is -2.52. The van der Waals surface area contributed by atoms with Crippen LogP contribution in [0.15, 0.2) is 102 Å². The zero-order valence-electron chi connectivity index (χ0n) is 32.9. The Labute approximate surface area is 334 Å². The predicted octanol–water partition coefficient (Wildman–Crippen LogP) is 7.26. The number of rotatable bonds is 13. The van der Waals surface area contributed by atoms with Crippen LogP contribution in [0.3, 0.4) is 0 Å². The average molecular weight is 791 g/mol. The monoisotopic (exact) mass is 790 g/mol. The SMILES string of the molecule is C/C=C1\S[C@H]2[C@H](O[C@H](COCc3ccccc3)[C@@H](OCc3ccccc3)[C@@H]2OCc2ccccc2)O[C@@]1(C)OC[C@H]1O[C@@H]2OC(C)(C)O[C@@H]2[C@H]2OC(C)(C)O[C@H]21. The Hall–Kier alpha value is -2.69. The molecule has 8 rings (SSSR count). The molecule has 3 aromatic carbocycles. The normalized spacial score (nSPS) is 36.5. The maximum absolute atomic E-state index is 6.92. The van der Waals surface area contributed by atoms with E-state index in [2.05, 4.69) is 24.3 Å². The Balaban J connectivity index is 1.04. The molecule has 0 radical (unpaired) electrons. The molecule has 5 fully saturated rings. The molecule has 0 spiro atoms. The van der Waals surface area contributed by atoms with Gasteiger partial charge in [0.15, 0.2) is 24.2 Å². The van der Waals surface area contributed by atoms with Crippen LogP contribution in [0.2, 0.25) is 0 Å². The highest BCUT2D eigenvalue weighted by Crippen LogP contribution is 2.50. The van der Waals surface area contributed by atoms with E-state index in [0.29, 0.717) is 19.8 Å². The summed E-state index contributed by atoms with van der Waals surface area (Å²) < 4.78 is 72.1. The van der Waals surface area contributed by atoms with Crippen LogP contribution < -0.4 is 0 Å². The fourth-order valence-electron chi connectivity index (χ4n) is 8.06. The first-order valence-electron chi connectivity index (χ1n) is 19.6. The van der Waals surface area contributed by atoms with Gasteiger partial charge in [0.05, 0.1) is 38.3 Å². The van der Waals surface area contributed by atoms with E-state index in [0.717, 1.165) is 21.6 Å². The van der Waals surface area contributed by atoms with Crippen LogP contribution in [-0.2, 0) is 71.9 Å². The largest absolute Gasteiger partial charge is 0.374 e. The smallest absolute Gasteiger partial charge is 0.200 e. The quantitative estimate of drug-likeness (QED) is 0.174. The van der Waals surface area contributed by atoms with Crippen molar-refractivity contribution >= 4 is 11.8 Å². The molecule has 0 saturated carbocycles. The molecule has 3 aromatic rings. The first kappa shape index (κ1) is 40.1. The summed E-state index contributed by atoms with van der Waals surface area (Å²) in [7, 11) is 0. The molecule has 0 amide bonds. The Morgan fingerprint density at radius 1 is 0.571 bits per heavy atom. The van der Waals surface area contributed by atoms with Crippen molar-refractivity contribution in [3.8, 4) is 0 Å². The fraction of sp³-hybridized carbons (Fsp3) is 0.545. The first-order chi connectivity index (χ1) is 27.0. The van der Waals surface area contributed by atoms with E-state index in [1.54, 1.807) is 11.8 Å². The van der Waals surface area contributed by atoms with E-state index >= 15 is 0 Å². The van der Waals surface area contributed by atoms with E-state index < -0.39 is 72.7 Å². The van der Waals surface area contributed by atoms with Crippen molar-refractivity contribution in [3.63, 3.8) is 0 Å². The van der Waals surface area contributed by atoms with Crippen LogP contribution in [0.1, 0.15) is 58.2 Å². The molecule has 5 aliphatic heterocycles. The summed E-state index contributed by atoms with van der Waals surface area (Å²) >= 11 is 1.63. The summed E-state index contributed by atoms with van der Waals surface area (Å²) in [5, 5.41) is -0.289. The fourth-order valence-corrected chi connectivity index (χ4v) is 9.41. The van der Waals surface area contributed by atoms with Crippen LogP contribution >= 0.6 is 11.8 Å². The third-order valence-electron chi connectivity index (χ3n) is 10.6. The van der Waals surface area contributed by atoms with Gasteiger partial charge in [-0.25, -0.2) is 0 Å². The minimum Gasteiger partial charge on any atom is -0.374 e. The lowest BCUT2D eigenvalue weighted by atomic mass is 9.99. The van der Waals surface area contributed by atoms with Gasteiger partial charge in [0, 0.05) is 4.91 Å². The molecule has 11 nitrogen and oxygen atoms in total. The number of hydrogen-bond donors (Lipinski definition) is 0. The third kappa shape index (κ3) is 8.97. The Kier molecular flexibility index (Phi) is 12.1. The lowest BCUT2D eigenvalue weighted by Crippen LogP contribution is -2.64. The molecule has 0 aliphatic carbocycles. The molecule has 5 saturated heterocycles. The second-order valence-corrected chi connectivity index (χ2v) is 17.1. The highest BCUT2D eigenvalue weighted by atomic mass is 32.2. The van der Waals surface area contributed by atoms with Gasteiger partial charge < -0.3 is 52.1 Å². The van der Waals surface area contributed by atoms with Gasteiger partial charge in [0.1, 0.15) is 42.7 Å². The molecule has 12 heteroatoms. The van der Waals surface area contributed by atoms with Gasteiger partial charge in [-0.3, -0.25) is 0 Å². The standard InChI is InChI=1S/C44H54O11S/c1-7-33-44(6,48-27-32-35-36(52-42(2,3)51-35)38-40(49-32)54-43(4,5)53-38)55-41-39(56-33)37(47-25-30-21-15-10-16-22-30)34(46-24-29-19-13-9-14-20-29)31(50-41)26-45-23-28-17-11-8-12-18-28/h7-22,31-32,34-41H,23-27H2,1-6H3/b33-7-/t31-,32-,34-,35+,36+,37+,38-,39-,40-,41-,44-/m1/s1. The van der Waals surface area contributed by atoms with Crippen LogP contribution in [0, 0.1) is 0 Å². The lowest BCUT2D eigenvalue weighted by molar-refractivity contribution is -0.342. The molecule has 56 heavy (non-hydrogen) atoms. The minimum atomic E-state index is -1.19. The zero-order valence-corrected chi connectivity index (χ0v) is 33.8. The van der Waals surface area contributed by atoms with Crippen molar-refractivity contribution in [2.75, 3.05) is 13.2 Å². The number of hydrogen-bond acceptors (Lipinski definition) is 12. The minimum absolute atomic E-state index is 0.139. The predicted molar refractivity (Wildman–Crippen MR) is 208 cm³/mol. The van der Waals surface area contributed by atoms with Crippen molar-refractivity contribution < 1.29 is 52.1 Å². The highest BCUT2D eigenvalue weighted by Gasteiger charge is 2.61. The molecule has 0 bridgehead atoms.